The van der Waals surface area contributed by atoms with Crippen molar-refractivity contribution in [3.8, 4) is 0 Å². The quantitative estimate of drug-likeness (QED) is 0.699. The Balaban J connectivity index is 1.48. The van der Waals surface area contributed by atoms with Crippen LogP contribution in [0.5, 0.6) is 0 Å². The first-order valence-corrected chi connectivity index (χ1v) is 9.39. The number of rotatable bonds is 6. The lowest BCUT2D eigenvalue weighted by Crippen LogP contribution is -2.32. The van der Waals surface area contributed by atoms with E-state index in [0.29, 0.717) is 12.1 Å². The first-order valence-electron chi connectivity index (χ1n) is 8.51. The Hall–Kier alpha value is -2.73. The molecule has 1 atom stereocenters. The Morgan fingerprint density at radius 1 is 1.15 bits per heavy atom. The predicted octanol–water partition coefficient (Wildman–Crippen LogP) is 3.60. The van der Waals surface area contributed by atoms with Crippen molar-refractivity contribution in [3.63, 3.8) is 0 Å². The van der Waals surface area contributed by atoms with Gasteiger partial charge in [0.15, 0.2) is 0 Å². The van der Waals surface area contributed by atoms with Crippen LogP contribution in [-0.2, 0) is 4.79 Å². The molecule has 0 bridgehead atoms. The molecular formula is C20H21N3O2S. The second kappa shape index (κ2) is 8.10. The van der Waals surface area contributed by atoms with Crippen molar-refractivity contribution in [2.45, 2.75) is 26.3 Å². The molecule has 2 aromatic carbocycles. The summed E-state index contributed by atoms with van der Waals surface area (Å²) in [6.07, 6.45) is 0.229. The molecule has 2 amide bonds. The minimum Gasteiger partial charge on any atom is -0.352 e. The Morgan fingerprint density at radius 2 is 1.92 bits per heavy atom. The monoisotopic (exact) mass is 367 g/mol. The van der Waals surface area contributed by atoms with E-state index in [1.165, 1.54) is 0 Å². The molecule has 0 fully saturated rings. The van der Waals surface area contributed by atoms with Crippen LogP contribution >= 0.6 is 11.3 Å². The molecular weight excluding hydrogens is 346 g/mol. The van der Waals surface area contributed by atoms with Crippen molar-refractivity contribution in [1.82, 2.24) is 15.6 Å². The molecule has 1 heterocycles. The molecule has 1 unspecified atom stereocenters. The van der Waals surface area contributed by atoms with Gasteiger partial charge in [-0.1, -0.05) is 30.3 Å². The minimum atomic E-state index is -0.174. The van der Waals surface area contributed by atoms with Crippen molar-refractivity contribution in [2.24, 2.45) is 0 Å². The van der Waals surface area contributed by atoms with Crippen molar-refractivity contribution in [3.05, 3.63) is 64.1 Å². The number of aromatic nitrogens is 1. The van der Waals surface area contributed by atoms with Crippen LogP contribution in [0.15, 0.2) is 47.8 Å². The molecule has 3 rings (SSSR count). The van der Waals surface area contributed by atoms with Crippen molar-refractivity contribution in [2.75, 3.05) is 6.54 Å². The van der Waals surface area contributed by atoms with Gasteiger partial charge in [0.2, 0.25) is 5.91 Å². The Kier molecular flexibility index (Phi) is 5.63. The number of carbonyl (C=O) groups excluding carboxylic acids is 2. The van der Waals surface area contributed by atoms with E-state index in [1.54, 1.807) is 17.4 Å². The van der Waals surface area contributed by atoms with Crippen molar-refractivity contribution in [1.29, 1.82) is 0 Å². The third kappa shape index (κ3) is 4.46. The lowest BCUT2D eigenvalue weighted by atomic mass is 10.1. The van der Waals surface area contributed by atoms with Crippen LogP contribution < -0.4 is 10.6 Å². The molecule has 0 radical (unpaired) electrons. The lowest BCUT2D eigenvalue weighted by Gasteiger charge is -2.12. The maximum absolute atomic E-state index is 12.3. The van der Waals surface area contributed by atoms with Gasteiger partial charge >= 0.3 is 0 Å². The summed E-state index contributed by atoms with van der Waals surface area (Å²) >= 11 is 1.56. The zero-order chi connectivity index (χ0) is 18.5. The van der Waals surface area contributed by atoms with Crippen molar-refractivity contribution >= 4 is 33.9 Å². The van der Waals surface area contributed by atoms with Crippen LogP contribution in [-0.4, -0.2) is 23.3 Å². The highest BCUT2D eigenvalue weighted by atomic mass is 32.1. The van der Waals surface area contributed by atoms with E-state index in [9.17, 15) is 9.59 Å². The minimum absolute atomic E-state index is 0.109. The van der Waals surface area contributed by atoms with Crippen LogP contribution in [0.3, 0.4) is 0 Å². The van der Waals surface area contributed by atoms with Gasteiger partial charge in [0.05, 0.1) is 16.7 Å². The molecule has 0 saturated heterocycles. The number of hydrogen-bond donors (Lipinski definition) is 2. The SMILES string of the molecule is Cc1nc(C(C)NC(=O)CCNC(=O)c2ccc3ccccc3c2)cs1. The first kappa shape index (κ1) is 18.1. The lowest BCUT2D eigenvalue weighted by molar-refractivity contribution is -0.121. The molecule has 0 saturated carbocycles. The van der Waals surface area contributed by atoms with Gasteiger partial charge in [0.25, 0.3) is 5.91 Å². The van der Waals surface area contributed by atoms with E-state index < -0.39 is 0 Å². The molecule has 0 spiro atoms. The summed E-state index contributed by atoms with van der Waals surface area (Å²) in [4.78, 5) is 28.7. The molecule has 2 N–H and O–H groups in total. The van der Waals surface area contributed by atoms with Gasteiger partial charge in [-0.25, -0.2) is 4.98 Å². The van der Waals surface area contributed by atoms with E-state index in [-0.39, 0.29) is 24.3 Å². The third-order valence-corrected chi connectivity index (χ3v) is 4.90. The summed E-state index contributed by atoms with van der Waals surface area (Å²) in [6, 6.07) is 13.3. The van der Waals surface area contributed by atoms with Gasteiger partial charge in [0.1, 0.15) is 0 Å². The summed E-state index contributed by atoms with van der Waals surface area (Å²) in [5.74, 6) is -0.284. The fraction of sp³-hybridized carbons (Fsp3) is 0.250. The molecule has 0 aliphatic heterocycles. The second-order valence-corrected chi connectivity index (χ2v) is 7.21. The van der Waals surface area contributed by atoms with E-state index >= 15 is 0 Å². The highest BCUT2D eigenvalue weighted by molar-refractivity contribution is 7.09. The second-order valence-electron chi connectivity index (χ2n) is 6.15. The van der Waals surface area contributed by atoms with Gasteiger partial charge in [0, 0.05) is 23.9 Å². The van der Waals surface area contributed by atoms with Crippen LogP contribution in [0.1, 0.15) is 40.4 Å². The fourth-order valence-corrected chi connectivity index (χ4v) is 3.40. The number of nitrogens with one attached hydrogen (secondary N) is 2. The molecule has 1 aromatic heterocycles. The molecule has 3 aromatic rings. The average molecular weight is 367 g/mol. The fourth-order valence-electron chi connectivity index (χ4n) is 2.69. The Labute approximate surface area is 156 Å². The van der Waals surface area contributed by atoms with Crippen LogP contribution in [0.2, 0.25) is 0 Å². The van der Waals surface area contributed by atoms with Gasteiger partial charge in [-0.05, 0) is 36.8 Å². The maximum atomic E-state index is 12.3. The smallest absolute Gasteiger partial charge is 0.251 e. The predicted molar refractivity (Wildman–Crippen MR) is 104 cm³/mol. The number of nitrogens with zero attached hydrogens (tertiary/aromatic N) is 1. The van der Waals surface area contributed by atoms with Crippen LogP contribution in [0, 0.1) is 6.92 Å². The Bertz CT molecular complexity index is 935. The van der Waals surface area contributed by atoms with E-state index in [4.69, 9.17) is 0 Å². The molecule has 6 heteroatoms. The van der Waals surface area contributed by atoms with E-state index in [1.807, 2.05) is 55.6 Å². The topological polar surface area (TPSA) is 71.1 Å². The van der Waals surface area contributed by atoms with Crippen molar-refractivity contribution < 1.29 is 9.59 Å². The molecule has 5 nitrogen and oxygen atoms in total. The summed E-state index contributed by atoms with van der Waals surface area (Å²) in [5, 5.41) is 10.7. The van der Waals surface area contributed by atoms with Gasteiger partial charge in [-0.2, -0.15) is 0 Å². The third-order valence-electron chi connectivity index (χ3n) is 4.11. The largest absolute Gasteiger partial charge is 0.352 e. The Morgan fingerprint density at radius 3 is 2.65 bits per heavy atom. The number of thiazole rings is 1. The molecule has 0 aliphatic carbocycles. The van der Waals surface area contributed by atoms with Gasteiger partial charge in [-0.3, -0.25) is 9.59 Å². The number of fused-ring (bicyclic) bond motifs is 1. The molecule has 0 aliphatic rings. The molecule has 26 heavy (non-hydrogen) atoms. The van der Waals surface area contributed by atoms with Crippen LogP contribution in [0.4, 0.5) is 0 Å². The summed E-state index contributed by atoms with van der Waals surface area (Å²) in [5.41, 5.74) is 1.46. The summed E-state index contributed by atoms with van der Waals surface area (Å²) in [6.45, 7) is 4.13. The average Bonchev–Trinajstić information content (AvgIpc) is 3.07. The maximum Gasteiger partial charge on any atom is 0.251 e. The summed E-state index contributed by atoms with van der Waals surface area (Å²) in [7, 11) is 0. The zero-order valence-electron chi connectivity index (χ0n) is 14.8. The van der Waals surface area contributed by atoms with E-state index in [2.05, 4.69) is 15.6 Å². The highest BCUT2D eigenvalue weighted by Gasteiger charge is 2.13. The number of aryl methyl sites for hydroxylation is 1. The number of hydrogen-bond acceptors (Lipinski definition) is 4. The standard InChI is InChI=1S/C20H21N3O2S/c1-13(18-12-26-14(2)23-18)22-19(24)9-10-21-20(25)17-8-7-15-5-3-4-6-16(15)11-17/h3-8,11-13H,9-10H2,1-2H3,(H,21,25)(H,22,24). The number of carbonyl (C=O) groups is 2. The van der Waals surface area contributed by atoms with Gasteiger partial charge in [-0.15, -0.1) is 11.3 Å². The highest BCUT2D eigenvalue weighted by Crippen LogP contribution is 2.16. The van der Waals surface area contributed by atoms with Gasteiger partial charge < -0.3 is 10.6 Å². The summed E-state index contributed by atoms with van der Waals surface area (Å²) < 4.78 is 0. The number of amides is 2. The zero-order valence-corrected chi connectivity index (χ0v) is 15.6. The van der Waals surface area contributed by atoms with E-state index in [0.717, 1.165) is 21.5 Å². The van der Waals surface area contributed by atoms with Crippen LogP contribution in [0.25, 0.3) is 10.8 Å². The first-order chi connectivity index (χ1) is 12.5. The molecule has 134 valence electrons. The number of benzene rings is 2. The normalized spacial score (nSPS) is 11.9.